The van der Waals surface area contributed by atoms with Gasteiger partial charge in [0.2, 0.25) is 0 Å². The van der Waals surface area contributed by atoms with Gasteiger partial charge in [-0.3, -0.25) is 4.79 Å². The van der Waals surface area contributed by atoms with Crippen LogP contribution in [0.15, 0.2) is 5.16 Å². The number of carbonyl (C=O) groups excluding carboxylic acids is 2. The van der Waals surface area contributed by atoms with E-state index in [2.05, 4.69) is 25.9 Å². The van der Waals surface area contributed by atoms with Crippen LogP contribution in [0.3, 0.4) is 0 Å². The van der Waals surface area contributed by atoms with E-state index in [1.54, 1.807) is 6.92 Å². The maximum atomic E-state index is 10.9. The molecule has 0 heterocycles. The van der Waals surface area contributed by atoms with Crippen LogP contribution in [0.4, 0.5) is 0 Å². The smallest absolute Gasteiger partial charge is 0.317 e. The molecule has 0 unspecified atom stereocenters. The maximum Gasteiger partial charge on any atom is 0.345 e. The average Bonchev–Trinajstić information content (AvgIpc) is 2.11. The van der Waals surface area contributed by atoms with Gasteiger partial charge in [0, 0.05) is 6.42 Å². The second kappa shape index (κ2) is 5.88. The number of nitrogens with zero attached hydrogens (tertiary/aromatic N) is 1. The number of carbonyl (C=O) groups is 2. The first-order chi connectivity index (χ1) is 5.61. The fraction of sp³-hybridized carbons (Fsp3) is 0.571. The van der Waals surface area contributed by atoms with Crippen LogP contribution in [0.25, 0.3) is 0 Å². The van der Waals surface area contributed by atoms with Gasteiger partial charge in [-0.2, -0.15) is 0 Å². The van der Waals surface area contributed by atoms with Crippen molar-refractivity contribution in [3.63, 3.8) is 0 Å². The van der Waals surface area contributed by atoms with Gasteiger partial charge >= 0.3 is 5.97 Å². The Bertz CT molecular complexity index is 213. The Morgan fingerprint density at radius 1 is 1.50 bits per heavy atom. The summed E-state index contributed by atoms with van der Waals surface area (Å²) in [6.07, 6.45) is 0.362. The largest absolute Gasteiger partial charge is 0.345 e. The fourth-order valence-electron chi connectivity index (χ4n) is 0.451. The molecule has 0 amide bonds. The number of halogens is 1. The predicted octanol–water partition coefficient (Wildman–Crippen LogP) is 1.28. The van der Waals surface area contributed by atoms with Crippen LogP contribution in [-0.4, -0.2) is 22.8 Å². The van der Waals surface area contributed by atoms with E-state index in [1.165, 1.54) is 6.92 Å². The third-order valence-corrected chi connectivity index (χ3v) is 1.58. The lowest BCUT2D eigenvalue weighted by atomic mass is 10.2. The van der Waals surface area contributed by atoms with Crippen molar-refractivity contribution in [2.75, 3.05) is 5.33 Å². The van der Waals surface area contributed by atoms with Gasteiger partial charge in [-0.15, -0.1) is 0 Å². The highest BCUT2D eigenvalue weighted by atomic mass is 79.9. The van der Waals surface area contributed by atoms with Crippen molar-refractivity contribution >= 4 is 33.4 Å². The minimum absolute atomic E-state index is 0.0735. The molecule has 0 aliphatic carbocycles. The Balaban J connectivity index is 4.00. The summed E-state index contributed by atoms with van der Waals surface area (Å²) >= 11 is 2.89. The zero-order chi connectivity index (χ0) is 9.56. The molecule has 0 aliphatic rings. The molecule has 4 nitrogen and oxygen atoms in total. The molecule has 0 aliphatic heterocycles. The molecule has 0 N–H and O–H groups in total. The lowest BCUT2D eigenvalue weighted by molar-refractivity contribution is -0.140. The van der Waals surface area contributed by atoms with Crippen LogP contribution in [0, 0.1) is 0 Å². The minimum atomic E-state index is -0.516. The van der Waals surface area contributed by atoms with Crippen molar-refractivity contribution < 1.29 is 14.4 Å². The molecule has 0 atom stereocenters. The molecule has 0 radical (unpaired) electrons. The van der Waals surface area contributed by atoms with Crippen LogP contribution in [0.1, 0.15) is 20.3 Å². The Labute approximate surface area is 79.1 Å². The highest BCUT2D eigenvalue weighted by Crippen LogP contribution is 1.90. The Hall–Kier alpha value is -0.710. The van der Waals surface area contributed by atoms with Gasteiger partial charge in [0.25, 0.3) is 0 Å². The summed E-state index contributed by atoms with van der Waals surface area (Å²) in [6.45, 7) is 3.22. The van der Waals surface area contributed by atoms with E-state index in [9.17, 15) is 9.59 Å². The van der Waals surface area contributed by atoms with Crippen molar-refractivity contribution in [3.8, 4) is 0 Å². The molecule has 12 heavy (non-hydrogen) atoms. The maximum absolute atomic E-state index is 10.9. The summed E-state index contributed by atoms with van der Waals surface area (Å²) in [5, 5.41) is 3.43. The minimum Gasteiger partial charge on any atom is -0.317 e. The summed E-state index contributed by atoms with van der Waals surface area (Å²) in [4.78, 5) is 25.8. The lowest BCUT2D eigenvalue weighted by Crippen LogP contribution is -2.10. The SMILES string of the molecule is CCC(=O)/C(C)=N/OC(=O)CBr. The molecule has 0 fully saturated rings. The van der Waals surface area contributed by atoms with E-state index in [-0.39, 0.29) is 16.8 Å². The molecule has 0 spiro atoms. The first kappa shape index (κ1) is 11.3. The molecule has 0 aromatic heterocycles. The zero-order valence-corrected chi connectivity index (χ0v) is 8.55. The van der Waals surface area contributed by atoms with Crippen molar-refractivity contribution in [2.45, 2.75) is 20.3 Å². The van der Waals surface area contributed by atoms with Gasteiger partial charge in [0.1, 0.15) is 11.0 Å². The quantitative estimate of drug-likeness (QED) is 0.319. The molecule has 0 rings (SSSR count). The average molecular weight is 236 g/mol. The molecule has 68 valence electrons. The molecule has 0 aromatic rings. The van der Waals surface area contributed by atoms with E-state index in [1.807, 2.05) is 0 Å². The third-order valence-electron chi connectivity index (χ3n) is 1.12. The van der Waals surface area contributed by atoms with Gasteiger partial charge in [-0.05, 0) is 6.92 Å². The van der Waals surface area contributed by atoms with Crippen LogP contribution < -0.4 is 0 Å². The van der Waals surface area contributed by atoms with E-state index in [4.69, 9.17) is 0 Å². The molecule has 0 saturated carbocycles. The van der Waals surface area contributed by atoms with E-state index in [0.717, 1.165) is 0 Å². The van der Waals surface area contributed by atoms with E-state index >= 15 is 0 Å². The second-order valence-electron chi connectivity index (χ2n) is 2.05. The van der Waals surface area contributed by atoms with Crippen LogP contribution in [0.5, 0.6) is 0 Å². The molecular weight excluding hydrogens is 226 g/mol. The number of alkyl halides is 1. The van der Waals surface area contributed by atoms with E-state index in [0.29, 0.717) is 6.42 Å². The van der Waals surface area contributed by atoms with Crippen LogP contribution >= 0.6 is 15.9 Å². The first-order valence-corrected chi connectivity index (χ1v) is 4.57. The normalized spacial score (nSPS) is 11.1. The second-order valence-corrected chi connectivity index (χ2v) is 2.61. The van der Waals surface area contributed by atoms with Crippen LogP contribution in [-0.2, 0) is 14.4 Å². The molecular formula is C7H10BrNO3. The summed E-state index contributed by atoms with van der Waals surface area (Å²) in [7, 11) is 0. The number of Topliss-reactive ketones (excluding diaryl/α,β-unsaturated/α-hetero) is 1. The topological polar surface area (TPSA) is 55.7 Å². The standard InChI is InChI=1S/C7H10BrNO3/c1-3-6(10)5(2)9-12-7(11)4-8/h3-4H2,1-2H3/b9-5+. The predicted molar refractivity (Wildman–Crippen MR) is 48.3 cm³/mol. The van der Waals surface area contributed by atoms with Crippen molar-refractivity contribution in [2.24, 2.45) is 5.16 Å². The summed E-state index contributed by atoms with van der Waals surface area (Å²) in [6, 6.07) is 0. The Morgan fingerprint density at radius 2 is 2.08 bits per heavy atom. The Kier molecular flexibility index (Phi) is 5.53. The van der Waals surface area contributed by atoms with Gasteiger partial charge in [0.05, 0.1) is 0 Å². The van der Waals surface area contributed by atoms with E-state index < -0.39 is 5.97 Å². The van der Waals surface area contributed by atoms with Crippen molar-refractivity contribution in [1.82, 2.24) is 0 Å². The monoisotopic (exact) mass is 235 g/mol. The number of rotatable bonds is 4. The lowest BCUT2D eigenvalue weighted by Gasteiger charge is -1.95. The first-order valence-electron chi connectivity index (χ1n) is 3.45. The number of hydrogen-bond donors (Lipinski definition) is 0. The molecule has 0 saturated heterocycles. The zero-order valence-electron chi connectivity index (χ0n) is 6.96. The number of ketones is 1. The van der Waals surface area contributed by atoms with Crippen molar-refractivity contribution in [1.29, 1.82) is 0 Å². The van der Waals surface area contributed by atoms with Crippen LogP contribution in [0.2, 0.25) is 0 Å². The third kappa shape index (κ3) is 4.23. The van der Waals surface area contributed by atoms with Gasteiger partial charge in [-0.25, -0.2) is 4.79 Å². The van der Waals surface area contributed by atoms with Crippen molar-refractivity contribution in [3.05, 3.63) is 0 Å². The number of oxime groups is 1. The molecule has 5 heteroatoms. The summed E-state index contributed by atoms with van der Waals surface area (Å²) < 4.78 is 0. The molecule has 0 aromatic carbocycles. The molecule has 0 bridgehead atoms. The highest BCUT2D eigenvalue weighted by molar-refractivity contribution is 9.09. The highest BCUT2D eigenvalue weighted by Gasteiger charge is 2.04. The van der Waals surface area contributed by atoms with Gasteiger partial charge < -0.3 is 4.84 Å². The fourth-order valence-corrected chi connectivity index (χ4v) is 0.553. The number of hydrogen-bond acceptors (Lipinski definition) is 4. The van der Waals surface area contributed by atoms with Gasteiger partial charge in [0.15, 0.2) is 5.78 Å². The van der Waals surface area contributed by atoms with Gasteiger partial charge in [-0.1, -0.05) is 28.0 Å². The summed E-state index contributed by atoms with van der Waals surface area (Å²) in [5.41, 5.74) is 0.215. The summed E-state index contributed by atoms with van der Waals surface area (Å²) in [5.74, 6) is -0.643. The Morgan fingerprint density at radius 3 is 2.50 bits per heavy atom.